The van der Waals surface area contributed by atoms with Crippen molar-refractivity contribution in [2.24, 2.45) is 5.92 Å². The summed E-state index contributed by atoms with van der Waals surface area (Å²) in [6.45, 7) is 4.19. The van der Waals surface area contributed by atoms with Crippen LogP contribution < -0.4 is 0 Å². The smallest absolute Gasteiger partial charge is 0.000965 e. The van der Waals surface area contributed by atoms with Crippen molar-refractivity contribution < 1.29 is 0 Å². The van der Waals surface area contributed by atoms with Crippen LogP contribution in [-0.2, 0) is 0 Å². The quantitative estimate of drug-likeness (QED) is 0.677. The number of hydrogen-bond acceptors (Lipinski definition) is 1. The lowest BCUT2D eigenvalue weighted by Crippen LogP contribution is -2.34. The highest BCUT2D eigenvalue weighted by atomic mass is 15.1. The van der Waals surface area contributed by atoms with Gasteiger partial charge >= 0.3 is 0 Å². The molecule has 1 aliphatic carbocycles. The summed E-state index contributed by atoms with van der Waals surface area (Å²) in [5, 5.41) is 0. The van der Waals surface area contributed by atoms with Crippen molar-refractivity contribution >= 4 is 0 Å². The molecule has 1 saturated heterocycles. The summed E-state index contributed by atoms with van der Waals surface area (Å²) in [6, 6.07) is 0. The van der Waals surface area contributed by atoms with E-state index < -0.39 is 0 Å². The van der Waals surface area contributed by atoms with E-state index in [1.54, 1.807) is 0 Å². The Balaban J connectivity index is 1.71. The molecule has 0 aromatic carbocycles. The Bertz CT molecular complexity index is 162. The molecule has 0 N–H and O–H groups in total. The Kier molecular flexibility index (Phi) is 5.68. The van der Waals surface area contributed by atoms with Gasteiger partial charge in [0.2, 0.25) is 0 Å². The van der Waals surface area contributed by atoms with Gasteiger partial charge in [-0.3, -0.25) is 0 Å². The molecule has 0 aromatic heterocycles. The van der Waals surface area contributed by atoms with E-state index in [1.807, 2.05) is 0 Å². The first kappa shape index (κ1) is 12.4. The molecule has 0 spiro atoms. The van der Waals surface area contributed by atoms with E-state index in [1.165, 1.54) is 90.3 Å². The Labute approximate surface area is 102 Å². The van der Waals surface area contributed by atoms with Gasteiger partial charge in [0.1, 0.15) is 0 Å². The lowest BCUT2D eigenvalue weighted by Gasteiger charge is -2.30. The molecule has 2 aliphatic rings. The molecule has 0 atom stereocenters. The van der Waals surface area contributed by atoms with E-state index in [4.69, 9.17) is 0 Å². The summed E-state index contributed by atoms with van der Waals surface area (Å²) in [5.41, 5.74) is 0. The lowest BCUT2D eigenvalue weighted by molar-refractivity contribution is 0.184. The summed E-state index contributed by atoms with van der Waals surface area (Å²) in [4.78, 5) is 2.74. The van der Waals surface area contributed by atoms with Crippen LogP contribution in [0, 0.1) is 5.92 Å². The van der Waals surface area contributed by atoms with Gasteiger partial charge in [-0.15, -0.1) is 0 Å². The van der Waals surface area contributed by atoms with Crippen molar-refractivity contribution in [3.8, 4) is 0 Å². The maximum atomic E-state index is 2.74. The van der Waals surface area contributed by atoms with Gasteiger partial charge in [0, 0.05) is 6.54 Å². The van der Waals surface area contributed by atoms with Gasteiger partial charge in [0.15, 0.2) is 0 Å². The average molecular weight is 223 g/mol. The first-order valence-corrected chi connectivity index (χ1v) is 7.67. The molecule has 1 nitrogen and oxygen atoms in total. The molecule has 0 aromatic rings. The highest BCUT2D eigenvalue weighted by Gasteiger charge is 2.16. The molecule has 1 saturated carbocycles. The van der Waals surface area contributed by atoms with Crippen molar-refractivity contribution in [3.05, 3.63) is 0 Å². The first-order valence-electron chi connectivity index (χ1n) is 7.67. The summed E-state index contributed by atoms with van der Waals surface area (Å²) in [5.74, 6) is 1.02. The fraction of sp³-hybridized carbons (Fsp3) is 1.00. The molecule has 94 valence electrons. The highest BCUT2D eigenvalue weighted by molar-refractivity contribution is 4.71. The van der Waals surface area contributed by atoms with Gasteiger partial charge in [-0.05, 0) is 44.7 Å². The highest BCUT2D eigenvalue weighted by Crippen LogP contribution is 2.23. The van der Waals surface area contributed by atoms with Gasteiger partial charge in [-0.1, -0.05) is 44.9 Å². The van der Waals surface area contributed by atoms with Crippen LogP contribution in [0.4, 0.5) is 0 Å². The number of piperidine rings is 1. The maximum Gasteiger partial charge on any atom is 0.000965 e. The maximum absolute atomic E-state index is 2.74. The predicted octanol–water partition coefficient (Wildman–Crippen LogP) is 4.22. The SMILES string of the molecule is C1CCCCC(CN2CCCCC2)CCC1. The topological polar surface area (TPSA) is 3.24 Å². The molecule has 0 radical (unpaired) electrons. The number of rotatable bonds is 2. The third kappa shape index (κ3) is 4.45. The first-order chi connectivity index (χ1) is 7.95. The third-order valence-electron chi connectivity index (χ3n) is 4.44. The van der Waals surface area contributed by atoms with Crippen LogP contribution in [0.15, 0.2) is 0 Å². The predicted molar refractivity (Wildman–Crippen MR) is 70.7 cm³/mol. The van der Waals surface area contributed by atoms with Crippen LogP contribution in [0.1, 0.15) is 70.6 Å². The van der Waals surface area contributed by atoms with Crippen molar-refractivity contribution in [1.82, 2.24) is 4.90 Å². The monoisotopic (exact) mass is 223 g/mol. The van der Waals surface area contributed by atoms with Gasteiger partial charge < -0.3 is 4.90 Å². The fourth-order valence-corrected chi connectivity index (χ4v) is 3.41. The van der Waals surface area contributed by atoms with Gasteiger partial charge in [0.05, 0.1) is 0 Å². The zero-order valence-electron chi connectivity index (χ0n) is 10.9. The standard InChI is InChI=1S/C15H29N/c1-2-4-7-11-15(10-6-3-1)14-16-12-8-5-9-13-16/h15H,1-14H2. The van der Waals surface area contributed by atoms with Gasteiger partial charge in [-0.25, -0.2) is 0 Å². The van der Waals surface area contributed by atoms with Crippen molar-refractivity contribution in [3.63, 3.8) is 0 Å². The minimum Gasteiger partial charge on any atom is -0.303 e. The van der Waals surface area contributed by atoms with Crippen LogP contribution in [0.25, 0.3) is 0 Å². The lowest BCUT2D eigenvalue weighted by atomic mass is 9.95. The molecule has 0 amide bonds. The van der Waals surface area contributed by atoms with Crippen LogP contribution in [0.3, 0.4) is 0 Å². The molecule has 1 heterocycles. The van der Waals surface area contributed by atoms with Crippen LogP contribution in [-0.4, -0.2) is 24.5 Å². The van der Waals surface area contributed by atoms with E-state index in [0.717, 1.165) is 5.92 Å². The minimum atomic E-state index is 1.02. The Morgan fingerprint density at radius 2 is 1.12 bits per heavy atom. The second-order valence-corrected chi connectivity index (χ2v) is 5.93. The number of likely N-dealkylation sites (tertiary alicyclic amines) is 1. The Hall–Kier alpha value is -0.0400. The molecule has 1 heteroatoms. The Morgan fingerprint density at radius 1 is 0.625 bits per heavy atom. The van der Waals surface area contributed by atoms with Crippen molar-refractivity contribution in [1.29, 1.82) is 0 Å². The van der Waals surface area contributed by atoms with Crippen LogP contribution in [0.5, 0.6) is 0 Å². The zero-order valence-corrected chi connectivity index (χ0v) is 10.9. The minimum absolute atomic E-state index is 1.02. The summed E-state index contributed by atoms with van der Waals surface area (Å²) in [6.07, 6.45) is 16.4. The molecular formula is C15H29N. The second-order valence-electron chi connectivity index (χ2n) is 5.93. The molecule has 0 bridgehead atoms. The van der Waals surface area contributed by atoms with E-state index >= 15 is 0 Å². The molecular weight excluding hydrogens is 194 g/mol. The number of nitrogens with zero attached hydrogens (tertiary/aromatic N) is 1. The summed E-state index contributed by atoms with van der Waals surface area (Å²) >= 11 is 0. The molecule has 16 heavy (non-hydrogen) atoms. The van der Waals surface area contributed by atoms with E-state index in [0.29, 0.717) is 0 Å². The molecule has 2 rings (SSSR count). The van der Waals surface area contributed by atoms with Gasteiger partial charge in [0.25, 0.3) is 0 Å². The number of hydrogen-bond donors (Lipinski definition) is 0. The van der Waals surface area contributed by atoms with Crippen molar-refractivity contribution in [2.75, 3.05) is 19.6 Å². The van der Waals surface area contributed by atoms with Crippen LogP contribution in [0.2, 0.25) is 0 Å². The summed E-state index contributed by atoms with van der Waals surface area (Å²) in [7, 11) is 0. The average Bonchev–Trinajstić information content (AvgIpc) is 2.45. The van der Waals surface area contributed by atoms with E-state index in [-0.39, 0.29) is 0 Å². The van der Waals surface area contributed by atoms with Crippen molar-refractivity contribution in [2.45, 2.75) is 70.6 Å². The molecule has 0 unspecified atom stereocenters. The zero-order chi connectivity index (χ0) is 11.1. The molecule has 1 aliphatic heterocycles. The van der Waals surface area contributed by atoms with E-state index in [2.05, 4.69) is 4.90 Å². The summed E-state index contributed by atoms with van der Waals surface area (Å²) < 4.78 is 0. The van der Waals surface area contributed by atoms with E-state index in [9.17, 15) is 0 Å². The van der Waals surface area contributed by atoms with Crippen LogP contribution >= 0.6 is 0 Å². The fourth-order valence-electron chi connectivity index (χ4n) is 3.41. The third-order valence-corrected chi connectivity index (χ3v) is 4.44. The second kappa shape index (κ2) is 7.32. The molecule has 2 fully saturated rings. The largest absolute Gasteiger partial charge is 0.303 e. The normalized spacial score (nSPS) is 27.0. The van der Waals surface area contributed by atoms with Gasteiger partial charge in [-0.2, -0.15) is 0 Å². The Morgan fingerprint density at radius 3 is 1.75 bits per heavy atom.